The van der Waals surface area contributed by atoms with Gasteiger partial charge in [0, 0.05) is 49.1 Å². The lowest BCUT2D eigenvalue weighted by molar-refractivity contribution is -0.155. The lowest BCUT2D eigenvalue weighted by Crippen LogP contribution is -2.67. The van der Waals surface area contributed by atoms with Gasteiger partial charge in [0.15, 0.2) is 6.29 Å². The molecule has 2 fully saturated rings. The van der Waals surface area contributed by atoms with Gasteiger partial charge in [0.05, 0.1) is 5.92 Å². The minimum atomic E-state index is -0.208. The Balaban J connectivity index is 1.17. The third-order valence-corrected chi connectivity index (χ3v) is 7.77. The van der Waals surface area contributed by atoms with Gasteiger partial charge in [-0.2, -0.15) is 5.10 Å². The molecule has 3 N–H and O–H groups in total. The van der Waals surface area contributed by atoms with Crippen molar-refractivity contribution in [3.05, 3.63) is 36.0 Å². The second kappa shape index (κ2) is 10.3. The third kappa shape index (κ3) is 4.88. The van der Waals surface area contributed by atoms with Crippen molar-refractivity contribution in [2.45, 2.75) is 77.5 Å². The number of nitrogens with zero attached hydrogens (tertiary/aromatic N) is 3. The van der Waals surface area contributed by atoms with Crippen LogP contribution in [0.5, 0.6) is 0 Å². The van der Waals surface area contributed by atoms with Crippen molar-refractivity contribution in [1.29, 1.82) is 0 Å². The van der Waals surface area contributed by atoms with Crippen LogP contribution in [0, 0.1) is 11.8 Å². The van der Waals surface area contributed by atoms with E-state index in [0.717, 1.165) is 56.4 Å². The molecule has 8 heteroatoms. The lowest BCUT2D eigenvalue weighted by atomic mass is 9.80. The summed E-state index contributed by atoms with van der Waals surface area (Å²) in [4.78, 5) is 33.6. The van der Waals surface area contributed by atoms with Crippen LogP contribution in [0.3, 0.4) is 0 Å². The van der Waals surface area contributed by atoms with Crippen molar-refractivity contribution in [1.82, 2.24) is 25.5 Å². The lowest BCUT2D eigenvalue weighted by Gasteiger charge is -2.50. The summed E-state index contributed by atoms with van der Waals surface area (Å²) in [6.45, 7) is 5.73. The fourth-order valence-electron chi connectivity index (χ4n) is 5.86. The first-order chi connectivity index (χ1) is 17.0. The highest BCUT2D eigenvalue weighted by molar-refractivity contribution is 5.91. The Morgan fingerprint density at radius 1 is 1.20 bits per heavy atom. The molecule has 5 rings (SSSR count). The monoisotopic (exact) mass is 478 g/mol. The fraction of sp³-hybridized carbons (Fsp3) is 0.593. The summed E-state index contributed by atoms with van der Waals surface area (Å²) in [5.74, 6) is 1.81. The number of H-pyrrole nitrogens is 1. The van der Waals surface area contributed by atoms with Gasteiger partial charge in [-0.25, -0.2) is 0 Å². The number of rotatable bonds is 9. The number of amidine groups is 1. The smallest absolute Gasteiger partial charge is 0.230 e. The first-order valence-corrected chi connectivity index (χ1v) is 13.3. The number of aromatic amines is 1. The Morgan fingerprint density at radius 3 is 2.89 bits per heavy atom. The zero-order valence-corrected chi connectivity index (χ0v) is 20.9. The highest BCUT2D eigenvalue weighted by Gasteiger charge is 2.50. The van der Waals surface area contributed by atoms with E-state index in [1.54, 1.807) is 0 Å². The summed E-state index contributed by atoms with van der Waals surface area (Å²) in [6, 6.07) is 8.42. The summed E-state index contributed by atoms with van der Waals surface area (Å²) in [7, 11) is 0. The van der Waals surface area contributed by atoms with Crippen molar-refractivity contribution in [2.24, 2.45) is 16.9 Å². The van der Waals surface area contributed by atoms with Gasteiger partial charge < -0.3 is 20.1 Å². The molecule has 1 aromatic heterocycles. The fourth-order valence-corrected chi connectivity index (χ4v) is 5.86. The SMILES string of the molecule is CC(C)CCN1C(=O)C2CCCCC2N2C(CCC(=O)NCCc3c[nH]c4ccccc34)=NNC12. The molecule has 2 amide bonds. The van der Waals surface area contributed by atoms with Crippen molar-refractivity contribution < 1.29 is 9.59 Å². The van der Waals surface area contributed by atoms with Gasteiger partial charge in [0.1, 0.15) is 5.84 Å². The van der Waals surface area contributed by atoms with E-state index >= 15 is 0 Å². The first kappa shape index (κ1) is 23.7. The van der Waals surface area contributed by atoms with Crippen LogP contribution >= 0.6 is 0 Å². The molecule has 2 aliphatic heterocycles. The molecule has 35 heavy (non-hydrogen) atoms. The molecular weight excluding hydrogens is 440 g/mol. The normalized spacial score (nSPS) is 23.8. The number of hydrogen-bond acceptors (Lipinski definition) is 5. The molecule has 3 aliphatic rings. The number of aromatic nitrogens is 1. The minimum absolute atomic E-state index is 0.0425. The van der Waals surface area contributed by atoms with Crippen LogP contribution in [0.1, 0.15) is 64.4 Å². The molecule has 0 radical (unpaired) electrons. The van der Waals surface area contributed by atoms with Crippen LogP contribution in [-0.4, -0.2) is 57.9 Å². The number of carbonyl (C=O) groups excluding carboxylic acids is 2. The highest BCUT2D eigenvalue weighted by atomic mass is 16.2. The van der Waals surface area contributed by atoms with E-state index in [4.69, 9.17) is 0 Å². The molecule has 188 valence electrons. The topological polar surface area (TPSA) is 92.8 Å². The third-order valence-electron chi connectivity index (χ3n) is 7.77. The van der Waals surface area contributed by atoms with E-state index in [9.17, 15) is 9.59 Å². The Hall–Kier alpha value is -3.03. The van der Waals surface area contributed by atoms with Gasteiger partial charge >= 0.3 is 0 Å². The average molecular weight is 479 g/mol. The zero-order chi connectivity index (χ0) is 24.4. The highest BCUT2D eigenvalue weighted by Crippen LogP contribution is 2.38. The Bertz CT molecular complexity index is 1090. The summed E-state index contributed by atoms with van der Waals surface area (Å²) >= 11 is 0. The van der Waals surface area contributed by atoms with E-state index in [0.29, 0.717) is 25.3 Å². The number of para-hydroxylation sites is 1. The summed E-state index contributed by atoms with van der Waals surface area (Å²) < 4.78 is 0. The van der Waals surface area contributed by atoms with Crippen molar-refractivity contribution in [3.8, 4) is 0 Å². The molecule has 3 unspecified atom stereocenters. The van der Waals surface area contributed by atoms with E-state index in [1.165, 1.54) is 10.9 Å². The van der Waals surface area contributed by atoms with E-state index < -0.39 is 0 Å². The number of hydrogen-bond donors (Lipinski definition) is 3. The van der Waals surface area contributed by atoms with Crippen LogP contribution in [0.25, 0.3) is 10.9 Å². The number of hydrazone groups is 1. The van der Waals surface area contributed by atoms with Crippen molar-refractivity contribution in [2.75, 3.05) is 13.1 Å². The summed E-state index contributed by atoms with van der Waals surface area (Å²) in [5.41, 5.74) is 5.57. The largest absolute Gasteiger partial charge is 0.361 e. The van der Waals surface area contributed by atoms with Crippen molar-refractivity contribution in [3.63, 3.8) is 0 Å². The molecule has 3 atom stereocenters. The standard InChI is InChI=1S/C27H38N6O2/c1-18(2)14-16-32-26(35)21-8-4-6-10-23(21)33-24(30-31-27(32)33)11-12-25(34)28-15-13-19-17-29-22-9-5-3-7-20(19)22/h3,5,7,9,17-18,21,23,27,29,31H,4,6,8,10-16H2,1-2H3,(H,28,34). The van der Waals surface area contributed by atoms with Gasteiger partial charge in [-0.15, -0.1) is 0 Å². The average Bonchev–Trinajstić information content (AvgIpc) is 3.47. The minimum Gasteiger partial charge on any atom is -0.361 e. The van der Waals surface area contributed by atoms with Crippen LogP contribution in [0.15, 0.2) is 35.6 Å². The molecular formula is C27H38N6O2. The van der Waals surface area contributed by atoms with Crippen LogP contribution in [0.2, 0.25) is 0 Å². The predicted molar refractivity (Wildman–Crippen MR) is 137 cm³/mol. The summed E-state index contributed by atoms with van der Waals surface area (Å²) in [5, 5.41) is 8.91. The maximum atomic E-state index is 13.3. The molecule has 1 aromatic carbocycles. The van der Waals surface area contributed by atoms with Gasteiger partial charge in [-0.3, -0.25) is 15.0 Å². The van der Waals surface area contributed by atoms with E-state index in [-0.39, 0.29) is 30.1 Å². The van der Waals surface area contributed by atoms with Crippen molar-refractivity contribution >= 4 is 28.6 Å². The number of carbonyl (C=O) groups is 2. The quantitative estimate of drug-likeness (QED) is 0.514. The molecule has 3 heterocycles. The Kier molecular flexibility index (Phi) is 6.97. The van der Waals surface area contributed by atoms with Gasteiger partial charge in [-0.05, 0) is 43.2 Å². The maximum Gasteiger partial charge on any atom is 0.230 e. The van der Waals surface area contributed by atoms with Gasteiger partial charge in [0.2, 0.25) is 11.8 Å². The summed E-state index contributed by atoms with van der Waals surface area (Å²) in [6.07, 6.45) is 8.79. The van der Waals surface area contributed by atoms with Crippen LogP contribution in [-0.2, 0) is 16.0 Å². The predicted octanol–water partition coefficient (Wildman–Crippen LogP) is 3.56. The Labute approximate surface area is 207 Å². The van der Waals surface area contributed by atoms with Crippen LogP contribution < -0.4 is 10.7 Å². The molecule has 1 aliphatic carbocycles. The first-order valence-electron chi connectivity index (χ1n) is 13.3. The maximum absolute atomic E-state index is 13.3. The second-order valence-corrected chi connectivity index (χ2v) is 10.6. The van der Waals surface area contributed by atoms with Gasteiger partial charge in [-0.1, -0.05) is 44.9 Å². The Morgan fingerprint density at radius 2 is 2.03 bits per heavy atom. The molecule has 1 saturated heterocycles. The molecule has 0 bridgehead atoms. The van der Waals surface area contributed by atoms with E-state index in [1.807, 2.05) is 23.2 Å². The molecule has 2 aromatic rings. The number of nitrogens with one attached hydrogen (secondary N) is 3. The van der Waals surface area contributed by atoms with E-state index in [2.05, 4.69) is 51.7 Å². The van der Waals surface area contributed by atoms with Gasteiger partial charge in [0.25, 0.3) is 0 Å². The van der Waals surface area contributed by atoms with Crippen LogP contribution in [0.4, 0.5) is 0 Å². The number of amides is 2. The molecule has 0 spiro atoms. The number of benzene rings is 1. The molecule has 8 nitrogen and oxygen atoms in total. The number of fused-ring (bicyclic) bond motifs is 4. The second-order valence-electron chi connectivity index (χ2n) is 10.6. The zero-order valence-electron chi connectivity index (χ0n) is 20.9. The molecule has 1 saturated carbocycles.